The zero-order valence-electron chi connectivity index (χ0n) is 19.0. The minimum Gasteiger partial charge on any atom is -0.276 e. The van der Waals surface area contributed by atoms with Crippen LogP contribution in [0, 0.1) is 0 Å². The minimum absolute atomic E-state index is 0.286. The van der Waals surface area contributed by atoms with E-state index in [2.05, 4.69) is 35.9 Å². The Morgan fingerprint density at radius 2 is 1.45 bits per heavy atom. The lowest BCUT2D eigenvalue weighted by Crippen LogP contribution is -2.55. The molecule has 0 saturated heterocycles. The SMILES string of the molecule is CC(C)(C)ON(C=O)CCC(C)(CNS(C)(=O)=O)[SiH](c1ccccc1)c1ccccc1. The van der Waals surface area contributed by atoms with Gasteiger partial charge in [-0.05, 0) is 32.2 Å². The first kappa shape index (κ1) is 25.3. The monoisotopic (exact) mass is 462 g/mol. The van der Waals surface area contributed by atoms with Crippen LogP contribution >= 0.6 is 0 Å². The van der Waals surface area contributed by atoms with Gasteiger partial charge >= 0.3 is 0 Å². The first-order chi connectivity index (χ1) is 14.4. The molecule has 1 atom stereocenters. The third-order valence-corrected chi connectivity index (χ3v) is 9.77. The predicted molar refractivity (Wildman–Crippen MR) is 129 cm³/mol. The number of sulfonamides is 1. The third-order valence-electron chi connectivity index (χ3n) is 5.11. The maximum atomic E-state index is 12.0. The first-order valence-electron chi connectivity index (χ1n) is 10.4. The van der Waals surface area contributed by atoms with Crippen LogP contribution in [-0.4, -0.2) is 53.6 Å². The number of amides is 1. The number of nitrogens with zero attached hydrogens (tertiary/aromatic N) is 1. The number of hydroxylamine groups is 2. The van der Waals surface area contributed by atoms with E-state index in [0.717, 1.165) is 0 Å². The van der Waals surface area contributed by atoms with Crippen molar-refractivity contribution < 1.29 is 18.0 Å². The van der Waals surface area contributed by atoms with Gasteiger partial charge in [0.1, 0.15) is 8.80 Å². The number of rotatable bonds is 11. The Morgan fingerprint density at radius 3 is 1.84 bits per heavy atom. The lowest BCUT2D eigenvalue weighted by atomic mass is 10.1. The van der Waals surface area contributed by atoms with Crippen LogP contribution < -0.4 is 15.1 Å². The molecule has 0 aromatic heterocycles. The maximum absolute atomic E-state index is 12.0. The van der Waals surface area contributed by atoms with Gasteiger partial charge in [-0.25, -0.2) is 18.2 Å². The lowest BCUT2D eigenvalue weighted by Gasteiger charge is -2.39. The molecule has 31 heavy (non-hydrogen) atoms. The summed E-state index contributed by atoms with van der Waals surface area (Å²) in [5, 5.41) is 3.37. The van der Waals surface area contributed by atoms with Crippen molar-refractivity contribution >= 4 is 35.6 Å². The Bertz CT molecular complexity index is 894. The van der Waals surface area contributed by atoms with Crippen LogP contribution in [-0.2, 0) is 19.7 Å². The summed E-state index contributed by atoms with van der Waals surface area (Å²) in [6.45, 7) is 8.43. The maximum Gasteiger partial charge on any atom is 0.233 e. The van der Waals surface area contributed by atoms with E-state index in [1.54, 1.807) is 0 Å². The van der Waals surface area contributed by atoms with Crippen LogP contribution in [0.2, 0.25) is 5.04 Å². The predicted octanol–water partition coefficient (Wildman–Crippen LogP) is 1.92. The molecule has 0 radical (unpaired) electrons. The molecule has 2 rings (SSSR count). The number of carbonyl (C=O) groups is 1. The van der Waals surface area contributed by atoms with E-state index in [1.165, 1.54) is 21.7 Å². The van der Waals surface area contributed by atoms with Crippen molar-refractivity contribution in [2.45, 2.75) is 44.8 Å². The van der Waals surface area contributed by atoms with Gasteiger partial charge in [-0.1, -0.05) is 78.0 Å². The van der Waals surface area contributed by atoms with Crippen LogP contribution in [0.3, 0.4) is 0 Å². The first-order valence-corrected chi connectivity index (χ1v) is 14.0. The van der Waals surface area contributed by atoms with Crippen LogP contribution in [0.25, 0.3) is 0 Å². The molecule has 0 fully saturated rings. The van der Waals surface area contributed by atoms with Crippen LogP contribution in [0.5, 0.6) is 0 Å². The summed E-state index contributed by atoms with van der Waals surface area (Å²) in [5.41, 5.74) is -0.502. The Morgan fingerprint density at radius 1 is 0.968 bits per heavy atom. The molecular weight excluding hydrogens is 428 g/mol. The molecule has 6 nitrogen and oxygen atoms in total. The van der Waals surface area contributed by atoms with Gasteiger partial charge in [-0.3, -0.25) is 9.63 Å². The number of nitrogens with one attached hydrogen (secondary N) is 1. The normalized spacial score (nSPS) is 14.3. The fraction of sp³-hybridized carbons (Fsp3) is 0.435. The van der Waals surface area contributed by atoms with Gasteiger partial charge in [-0.15, -0.1) is 0 Å². The Labute approximate surface area is 188 Å². The summed E-state index contributed by atoms with van der Waals surface area (Å²) in [6, 6.07) is 20.5. The molecule has 0 saturated carbocycles. The molecule has 0 heterocycles. The summed E-state index contributed by atoms with van der Waals surface area (Å²) >= 11 is 0. The van der Waals surface area contributed by atoms with Crippen LogP contribution in [0.1, 0.15) is 34.1 Å². The quantitative estimate of drug-likeness (QED) is 0.314. The van der Waals surface area contributed by atoms with Crippen molar-refractivity contribution in [3.8, 4) is 0 Å². The van der Waals surface area contributed by atoms with Gasteiger partial charge in [0.05, 0.1) is 11.9 Å². The second-order valence-corrected chi connectivity index (χ2v) is 14.6. The Hall–Kier alpha value is -2.00. The molecule has 1 N–H and O–H groups in total. The molecule has 0 aliphatic carbocycles. The molecule has 8 heteroatoms. The van der Waals surface area contributed by atoms with Gasteiger partial charge in [-0.2, -0.15) is 0 Å². The highest BCUT2D eigenvalue weighted by Gasteiger charge is 2.39. The van der Waals surface area contributed by atoms with Crippen LogP contribution in [0.4, 0.5) is 0 Å². The average molecular weight is 463 g/mol. The molecule has 1 amide bonds. The van der Waals surface area contributed by atoms with E-state index >= 15 is 0 Å². The van der Waals surface area contributed by atoms with Gasteiger partial charge in [0, 0.05) is 13.1 Å². The zero-order chi connectivity index (χ0) is 23.1. The smallest absolute Gasteiger partial charge is 0.233 e. The fourth-order valence-corrected chi connectivity index (χ4v) is 8.43. The van der Waals surface area contributed by atoms with Crippen molar-refractivity contribution in [1.29, 1.82) is 0 Å². The molecule has 170 valence electrons. The topological polar surface area (TPSA) is 75.7 Å². The fourth-order valence-electron chi connectivity index (χ4n) is 3.76. The summed E-state index contributed by atoms with van der Waals surface area (Å²) in [5.74, 6) is 0. The highest BCUT2D eigenvalue weighted by Crippen LogP contribution is 2.33. The van der Waals surface area contributed by atoms with E-state index in [-0.39, 0.29) is 6.54 Å². The summed E-state index contributed by atoms with van der Waals surface area (Å²) in [7, 11) is -5.29. The van der Waals surface area contributed by atoms with Gasteiger partial charge in [0.25, 0.3) is 0 Å². The van der Waals surface area contributed by atoms with Crippen molar-refractivity contribution in [3.05, 3.63) is 60.7 Å². The largest absolute Gasteiger partial charge is 0.276 e. The van der Waals surface area contributed by atoms with Crippen molar-refractivity contribution in [2.24, 2.45) is 0 Å². The number of hydrogen-bond acceptors (Lipinski definition) is 4. The molecule has 2 aromatic rings. The highest BCUT2D eigenvalue weighted by atomic mass is 32.2. The molecule has 2 aromatic carbocycles. The van der Waals surface area contributed by atoms with E-state index < -0.39 is 29.5 Å². The van der Waals surface area contributed by atoms with Crippen molar-refractivity contribution in [2.75, 3.05) is 19.3 Å². The summed E-state index contributed by atoms with van der Waals surface area (Å²) < 4.78 is 26.7. The van der Waals surface area contributed by atoms with Gasteiger partial charge in [0.15, 0.2) is 0 Å². The second kappa shape index (κ2) is 10.5. The third kappa shape index (κ3) is 8.21. The zero-order valence-corrected chi connectivity index (χ0v) is 21.0. The van der Waals surface area contributed by atoms with E-state index in [1.807, 2.05) is 57.2 Å². The molecule has 0 spiro atoms. The minimum atomic E-state index is -3.37. The molecule has 0 aliphatic heterocycles. The molecule has 0 bridgehead atoms. The Kier molecular flexibility index (Phi) is 8.59. The molecule has 0 aliphatic rings. The van der Waals surface area contributed by atoms with E-state index in [0.29, 0.717) is 19.4 Å². The molecular formula is C23H34N2O4SSi. The summed E-state index contributed by atoms with van der Waals surface area (Å²) in [4.78, 5) is 17.4. The second-order valence-electron chi connectivity index (χ2n) is 9.20. The molecule has 1 unspecified atom stereocenters. The van der Waals surface area contributed by atoms with Crippen molar-refractivity contribution in [1.82, 2.24) is 9.79 Å². The summed E-state index contributed by atoms with van der Waals surface area (Å²) in [6.07, 6.45) is 2.46. The van der Waals surface area contributed by atoms with Gasteiger partial charge in [0.2, 0.25) is 16.4 Å². The number of benzene rings is 2. The van der Waals surface area contributed by atoms with Crippen LogP contribution in [0.15, 0.2) is 60.7 Å². The standard InChI is InChI=1S/C23H34N2O4SSi/c1-22(2,3)29-25(19-26)17-16-23(4,18-24-30(5,27)28)31(20-12-8-6-9-13-20)21-14-10-7-11-15-21/h6-15,19,24,31H,16-18H2,1-5H3. The number of hydrogen-bond donors (Lipinski definition) is 1. The Balaban J connectivity index is 2.45. The highest BCUT2D eigenvalue weighted by molar-refractivity contribution is 7.88. The van der Waals surface area contributed by atoms with Crippen molar-refractivity contribution in [3.63, 3.8) is 0 Å². The average Bonchev–Trinajstić information content (AvgIpc) is 2.70. The van der Waals surface area contributed by atoms with E-state index in [4.69, 9.17) is 4.84 Å². The van der Waals surface area contributed by atoms with E-state index in [9.17, 15) is 13.2 Å². The lowest BCUT2D eigenvalue weighted by molar-refractivity contribution is -0.216. The number of carbonyl (C=O) groups excluding carboxylic acids is 1. The van der Waals surface area contributed by atoms with Gasteiger partial charge < -0.3 is 0 Å².